The number of anilines is 1. The van der Waals surface area contributed by atoms with Gasteiger partial charge in [0.1, 0.15) is 0 Å². The summed E-state index contributed by atoms with van der Waals surface area (Å²) < 4.78 is 25.6. The second kappa shape index (κ2) is 7.24. The zero-order chi connectivity index (χ0) is 19.9. The van der Waals surface area contributed by atoms with Crippen molar-refractivity contribution in [3.63, 3.8) is 0 Å². The highest BCUT2D eigenvalue weighted by molar-refractivity contribution is 7.93. The number of carbonyl (C=O) groups is 1. The van der Waals surface area contributed by atoms with Crippen molar-refractivity contribution in [3.8, 4) is 0 Å². The van der Waals surface area contributed by atoms with Gasteiger partial charge in [0.25, 0.3) is 5.91 Å². The summed E-state index contributed by atoms with van der Waals surface area (Å²) in [5, 5.41) is 0. The number of hydrogen-bond acceptors (Lipinski definition) is 3. The van der Waals surface area contributed by atoms with Crippen LogP contribution in [0.25, 0.3) is 0 Å². The number of hydrogen-bond donors (Lipinski definition) is 0. The van der Waals surface area contributed by atoms with Gasteiger partial charge in [0.2, 0.25) is 10.0 Å². The maximum absolute atomic E-state index is 13.1. The van der Waals surface area contributed by atoms with Crippen LogP contribution in [0, 0.1) is 13.8 Å². The summed E-state index contributed by atoms with van der Waals surface area (Å²) in [4.78, 5) is 15.1. The number of benzene rings is 2. The van der Waals surface area contributed by atoms with Gasteiger partial charge in [-0.3, -0.25) is 9.10 Å². The highest BCUT2D eigenvalue weighted by Crippen LogP contribution is 2.34. The number of carbonyl (C=O) groups excluding carboxylic acids is 1. The first kappa shape index (κ1) is 19.0. The number of nitrogens with zero attached hydrogens (tertiary/aromatic N) is 2. The summed E-state index contributed by atoms with van der Waals surface area (Å²) in [5.74, 6) is 0.204. The third-order valence-corrected chi connectivity index (χ3v) is 7.80. The van der Waals surface area contributed by atoms with Crippen molar-refractivity contribution in [2.75, 3.05) is 23.1 Å². The third kappa shape index (κ3) is 3.41. The van der Waals surface area contributed by atoms with Crippen LogP contribution in [0.5, 0.6) is 0 Å². The van der Waals surface area contributed by atoms with Crippen molar-refractivity contribution in [2.24, 2.45) is 0 Å². The zero-order valence-electron chi connectivity index (χ0n) is 16.4. The molecule has 2 aliphatic rings. The van der Waals surface area contributed by atoms with Crippen molar-refractivity contribution in [3.05, 3.63) is 64.7 Å². The van der Waals surface area contributed by atoms with Crippen LogP contribution >= 0.6 is 0 Å². The van der Waals surface area contributed by atoms with Gasteiger partial charge >= 0.3 is 0 Å². The molecule has 6 heteroatoms. The average Bonchev–Trinajstić information content (AvgIpc) is 3.30. The Labute approximate surface area is 167 Å². The van der Waals surface area contributed by atoms with Crippen LogP contribution in [0.3, 0.4) is 0 Å². The normalized spacial score (nSPS) is 21.3. The maximum atomic E-state index is 13.1. The molecule has 5 nitrogen and oxygen atoms in total. The molecule has 0 N–H and O–H groups in total. The molecular formula is C22H26N2O3S. The first-order valence-electron chi connectivity index (χ1n) is 9.85. The molecule has 0 saturated carbocycles. The number of amides is 1. The minimum Gasteiger partial charge on any atom is -0.332 e. The summed E-state index contributed by atoms with van der Waals surface area (Å²) in [6.45, 7) is 5.46. The SMILES string of the molecule is Cc1ccc(C2CCCN2C(=O)c2ccc(N3CCCS3(=O)=O)cc2)cc1C. The van der Waals surface area contributed by atoms with Gasteiger partial charge in [-0.2, -0.15) is 0 Å². The number of likely N-dealkylation sites (tertiary alicyclic amines) is 1. The van der Waals surface area contributed by atoms with Gasteiger partial charge < -0.3 is 4.90 Å². The van der Waals surface area contributed by atoms with Gasteiger partial charge in [-0.25, -0.2) is 8.42 Å². The lowest BCUT2D eigenvalue weighted by Gasteiger charge is -2.26. The monoisotopic (exact) mass is 398 g/mol. The molecule has 1 amide bonds. The second-order valence-electron chi connectivity index (χ2n) is 7.79. The standard InChI is InChI=1S/C22H26N2O3S/c1-16-6-7-19(15-17(16)2)21-5-3-12-23(21)22(25)18-8-10-20(11-9-18)24-13-4-14-28(24,26)27/h6-11,15,21H,3-5,12-14H2,1-2H3. The summed E-state index contributed by atoms with van der Waals surface area (Å²) in [7, 11) is -3.20. The molecule has 2 saturated heterocycles. The number of aryl methyl sites for hydroxylation is 2. The fourth-order valence-electron chi connectivity index (χ4n) is 4.19. The van der Waals surface area contributed by atoms with Crippen molar-refractivity contribution >= 4 is 21.6 Å². The first-order chi connectivity index (χ1) is 13.4. The van der Waals surface area contributed by atoms with E-state index in [4.69, 9.17) is 0 Å². The molecule has 0 aliphatic carbocycles. The van der Waals surface area contributed by atoms with Crippen LogP contribution in [-0.2, 0) is 10.0 Å². The Balaban J connectivity index is 1.55. The van der Waals surface area contributed by atoms with Crippen LogP contribution in [0.15, 0.2) is 42.5 Å². The van der Waals surface area contributed by atoms with E-state index in [1.54, 1.807) is 24.3 Å². The molecule has 1 atom stereocenters. The van der Waals surface area contributed by atoms with E-state index < -0.39 is 10.0 Å². The van der Waals surface area contributed by atoms with Crippen LogP contribution in [0.2, 0.25) is 0 Å². The average molecular weight is 399 g/mol. The van der Waals surface area contributed by atoms with E-state index in [0.717, 1.165) is 19.4 Å². The lowest BCUT2D eigenvalue weighted by atomic mass is 9.99. The molecule has 0 radical (unpaired) electrons. The van der Waals surface area contributed by atoms with Gasteiger partial charge in [0, 0.05) is 18.7 Å². The fourth-order valence-corrected chi connectivity index (χ4v) is 5.76. The molecule has 0 bridgehead atoms. The minimum atomic E-state index is -3.20. The van der Waals surface area contributed by atoms with Gasteiger partial charge in [-0.05, 0) is 74.1 Å². The highest BCUT2D eigenvalue weighted by atomic mass is 32.2. The number of sulfonamides is 1. The molecule has 2 heterocycles. The predicted molar refractivity (Wildman–Crippen MR) is 111 cm³/mol. The lowest BCUT2D eigenvalue weighted by Crippen LogP contribution is -2.30. The largest absolute Gasteiger partial charge is 0.332 e. The van der Waals surface area contributed by atoms with E-state index in [1.165, 1.54) is 21.0 Å². The molecule has 2 fully saturated rings. The maximum Gasteiger partial charge on any atom is 0.254 e. The van der Waals surface area contributed by atoms with E-state index in [2.05, 4.69) is 32.0 Å². The fraction of sp³-hybridized carbons (Fsp3) is 0.409. The first-order valence-corrected chi connectivity index (χ1v) is 11.5. The second-order valence-corrected chi connectivity index (χ2v) is 9.80. The Hall–Kier alpha value is -2.34. The van der Waals surface area contributed by atoms with E-state index in [-0.39, 0.29) is 17.7 Å². The van der Waals surface area contributed by atoms with Gasteiger partial charge in [-0.1, -0.05) is 18.2 Å². The zero-order valence-corrected chi connectivity index (χ0v) is 17.2. The smallest absolute Gasteiger partial charge is 0.254 e. The molecule has 1 unspecified atom stereocenters. The summed E-state index contributed by atoms with van der Waals surface area (Å²) >= 11 is 0. The highest BCUT2D eigenvalue weighted by Gasteiger charge is 2.32. The minimum absolute atomic E-state index is 0.0107. The Morgan fingerprint density at radius 3 is 2.36 bits per heavy atom. The molecule has 2 aromatic carbocycles. The summed E-state index contributed by atoms with van der Waals surface area (Å²) in [6.07, 6.45) is 2.61. The molecule has 0 aromatic heterocycles. The molecular weight excluding hydrogens is 372 g/mol. The topological polar surface area (TPSA) is 57.7 Å². The van der Waals surface area contributed by atoms with Crippen LogP contribution in [-0.4, -0.2) is 38.1 Å². The molecule has 28 heavy (non-hydrogen) atoms. The van der Waals surface area contributed by atoms with Gasteiger partial charge in [0.15, 0.2) is 0 Å². The Bertz CT molecular complexity index is 999. The van der Waals surface area contributed by atoms with Crippen LogP contribution in [0.4, 0.5) is 5.69 Å². The molecule has 2 aromatic rings. The van der Waals surface area contributed by atoms with Crippen LogP contribution < -0.4 is 4.31 Å². The van der Waals surface area contributed by atoms with Crippen molar-refractivity contribution in [1.82, 2.24) is 4.90 Å². The van der Waals surface area contributed by atoms with Crippen molar-refractivity contribution < 1.29 is 13.2 Å². The van der Waals surface area contributed by atoms with Gasteiger partial charge in [0.05, 0.1) is 17.5 Å². The Morgan fingerprint density at radius 2 is 1.71 bits per heavy atom. The van der Waals surface area contributed by atoms with E-state index in [0.29, 0.717) is 24.2 Å². The Morgan fingerprint density at radius 1 is 0.964 bits per heavy atom. The molecule has 4 rings (SSSR count). The quantitative estimate of drug-likeness (QED) is 0.790. The molecule has 148 valence electrons. The van der Waals surface area contributed by atoms with Gasteiger partial charge in [-0.15, -0.1) is 0 Å². The lowest BCUT2D eigenvalue weighted by molar-refractivity contribution is 0.0735. The predicted octanol–water partition coefficient (Wildman–Crippen LogP) is 3.82. The van der Waals surface area contributed by atoms with Crippen molar-refractivity contribution in [1.29, 1.82) is 0 Å². The van der Waals surface area contributed by atoms with Crippen molar-refractivity contribution in [2.45, 2.75) is 39.2 Å². The molecule has 0 spiro atoms. The van der Waals surface area contributed by atoms with E-state index in [1.807, 2.05) is 4.90 Å². The van der Waals surface area contributed by atoms with E-state index in [9.17, 15) is 13.2 Å². The summed E-state index contributed by atoms with van der Waals surface area (Å²) in [6, 6.07) is 13.5. The molecule has 2 aliphatic heterocycles. The third-order valence-electron chi connectivity index (χ3n) is 5.93. The summed E-state index contributed by atoms with van der Waals surface area (Å²) in [5.41, 5.74) is 4.94. The van der Waals surface area contributed by atoms with E-state index >= 15 is 0 Å². The Kier molecular flexibility index (Phi) is 4.91. The number of rotatable bonds is 3. The van der Waals surface area contributed by atoms with Crippen LogP contribution in [0.1, 0.15) is 52.4 Å².